The van der Waals surface area contributed by atoms with Crippen molar-refractivity contribution < 1.29 is 9.53 Å². The molecule has 0 aliphatic rings. The Morgan fingerprint density at radius 3 is 2.59 bits per heavy atom. The second-order valence-corrected chi connectivity index (χ2v) is 6.37. The van der Waals surface area contributed by atoms with Crippen LogP contribution in [0.25, 0.3) is 10.2 Å². The molecule has 112 valence electrons. The monoisotopic (exact) mass is 352 g/mol. The van der Waals surface area contributed by atoms with Crippen LogP contribution in [-0.4, -0.2) is 18.0 Å². The van der Waals surface area contributed by atoms with Crippen LogP contribution in [0.1, 0.15) is 10.4 Å². The molecule has 4 nitrogen and oxygen atoms in total. The smallest absolute Gasteiger partial charge is 0.257 e. The van der Waals surface area contributed by atoms with Crippen molar-refractivity contribution in [2.24, 2.45) is 0 Å². The minimum Gasteiger partial charge on any atom is -0.497 e. The number of fused-ring (bicyclic) bond motifs is 1. The van der Waals surface area contributed by atoms with E-state index < -0.39 is 0 Å². The lowest BCUT2D eigenvalue weighted by Crippen LogP contribution is -2.11. The molecule has 1 N–H and O–H groups in total. The van der Waals surface area contributed by atoms with Gasteiger partial charge in [0.05, 0.1) is 17.3 Å². The van der Waals surface area contributed by atoms with Crippen molar-refractivity contribution in [1.29, 1.82) is 0 Å². The Balaban J connectivity index is 1.87. The molecule has 1 heterocycles. The van der Waals surface area contributed by atoms with Crippen LogP contribution >= 0.6 is 34.5 Å². The molecule has 0 atom stereocenters. The van der Waals surface area contributed by atoms with Gasteiger partial charge in [0.15, 0.2) is 5.13 Å². The average Bonchev–Trinajstić information content (AvgIpc) is 2.87. The van der Waals surface area contributed by atoms with E-state index in [0.717, 1.165) is 16.0 Å². The lowest BCUT2D eigenvalue weighted by Gasteiger charge is -2.02. The van der Waals surface area contributed by atoms with Crippen LogP contribution in [-0.2, 0) is 0 Å². The van der Waals surface area contributed by atoms with Crippen molar-refractivity contribution in [2.45, 2.75) is 0 Å². The lowest BCUT2D eigenvalue weighted by atomic mass is 10.2. The zero-order valence-corrected chi connectivity index (χ0v) is 13.7. The van der Waals surface area contributed by atoms with Crippen molar-refractivity contribution in [2.75, 3.05) is 12.4 Å². The number of methoxy groups -OCH3 is 1. The van der Waals surface area contributed by atoms with E-state index in [1.54, 1.807) is 25.3 Å². The van der Waals surface area contributed by atoms with E-state index in [2.05, 4.69) is 10.3 Å². The molecule has 0 aliphatic carbocycles. The maximum Gasteiger partial charge on any atom is 0.257 e. The number of carbonyl (C=O) groups excluding carboxylic acids is 1. The topological polar surface area (TPSA) is 51.2 Å². The van der Waals surface area contributed by atoms with Gasteiger partial charge in [-0.2, -0.15) is 0 Å². The fourth-order valence-corrected chi connectivity index (χ4v) is 3.35. The summed E-state index contributed by atoms with van der Waals surface area (Å²) >= 11 is 13.2. The fourth-order valence-electron chi connectivity index (χ4n) is 1.94. The summed E-state index contributed by atoms with van der Waals surface area (Å²) < 4.78 is 6.10. The molecule has 3 aromatic rings. The summed E-state index contributed by atoms with van der Waals surface area (Å²) in [5.41, 5.74) is 1.18. The SMILES string of the molecule is COc1ccc2nc(NC(=O)c3cc(Cl)cc(Cl)c3)sc2c1. The highest BCUT2D eigenvalue weighted by Gasteiger charge is 2.12. The zero-order valence-electron chi connectivity index (χ0n) is 11.4. The van der Waals surface area contributed by atoms with Crippen molar-refractivity contribution in [3.63, 3.8) is 0 Å². The summed E-state index contributed by atoms with van der Waals surface area (Å²) in [6.07, 6.45) is 0. The molecule has 0 unspecified atom stereocenters. The van der Waals surface area contributed by atoms with Gasteiger partial charge in [0.25, 0.3) is 5.91 Å². The van der Waals surface area contributed by atoms with E-state index in [0.29, 0.717) is 20.7 Å². The molecule has 22 heavy (non-hydrogen) atoms. The quantitative estimate of drug-likeness (QED) is 0.731. The molecule has 0 bridgehead atoms. The second-order valence-electron chi connectivity index (χ2n) is 4.46. The van der Waals surface area contributed by atoms with Crippen LogP contribution in [0.3, 0.4) is 0 Å². The minimum absolute atomic E-state index is 0.310. The molecule has 7 heteroatoms. The Labute approximate surface area is 140 Å². The van der Waals surface area contributed by atoms with Crippen molar-refractivity contribution >= 4 is 55.8 Å². The fraction of sp³-hybridized carbons (Fsp3) is 0.0667. The van der Waals surface area contributed by atoms with Gasteiger partial charge in [-0.25, -0.2) is 4.98 Å². The minimum atomic E-state index is -0.310. The van der Waals surface area contributed by atoms with E-state index in [4.69, 9.17) is 27.9 Å². The van der Waals surface area contributed by atoms with E-state index in [1.165, 1.54) is 11.3 Å². The van der Waals surface area contributed by atoms with Gasteiger partial charge in [-0.1, -0.05) is 34.5 Å². The Morgan fingerprint density at radius 2 is 1.91 bits per heavy atom. The predicted molar refractivity (Wildman–Crippen MR) is 90.6 cm³/mol. The summed E-state index contributed by atoms with van der Waals surface area (Å²) in [7, 11) is 1.60. The Morgan fingerprint density at radius 1 is 1.18 bits per heavy atom. The van der Waals surface area contributed by atoms with E-state index in [1.807, 2.05) is 18.2 Å². The number of carbonyl (C=O) groups is 1. The maximum absolute atomic E-state index is 12.2. The molecule has 0 saturated carbocycles. The highest BCUT2D eigenvalue weighted by molar-refractivity contribution is 7.22. The first-order valence-electron chi connectivity index (χ1n) is 6.27. The van der Waals surface area contributed by atoms with E-state index in [-0.39, 0.29) is 5.91 Å². The van der Waals surface area contributed by atoms with Crippen molar-refractivity contribution in [3.8, 4) is 5.75 Å². The predicted octanol–water partition coefficient (Wildman–Crippen LogP) is 4.86. The van der Waals surface area contributed by atoms with Crippen molar-refractivity contribution in [1.82, 2.24) is 4.98 Å². The first-order valence-corrected chi connectivity index (χ1v) is 7.84. The number of aromatic nitrogens is 1. The number of anilines is 1. The number of rotatable bonds is 3. The van der Waals surface area contributed by atoms with E-state index in [9.17, 15) is 4.79 Å². The number of halogens is 2. The number of benzene rings is 2. The highest BCUT2D eigenvalue weighted by Crippen LogP contribution is 2.29. The Kier molecular flexibility index (Phi) is 4.20. The van der Waals surface area contributed by atoms with Crippen LogP contribution in [0, 0.1) is 0 Å². The molecule has 2 aromatic carbocycles. The van der Waals surface area contributed by atoms with Gasteiger partial charge in [0.1, 0.15) is 5.75 Å². The number of hydrogen-bond donors (Lipinski definition) is 1. The third kappa shape index (κ3) is 3.16. The number of nitrogens with one attached hydrogen (secondary N) is 1. The van der Waals surface area contributed by atoms with Crippen molar-refractivity contribution in [3.05, 3.63) is 52.0 Å². The largest absolute Gasteiger partial charge is 0.497 e. The highest BCUT2D eigenvalue weighted by atomic mass is 35.5. The number of ether oxygens (including phenoxy) is 1. The van der Waals surface area contributed by atoms with Gasteiger partial charge < -0.3 is 4.74 Å². The van der Waals surface area contributed by atoms with Gasteiger partial charge in [-0.15, -0.1) is 0 Å². The molecule has 0 radical (unpaired) electrons. The van der Waals surface area contributed by atoms with Gasteiger partial charge in [-0.3, -0.25) is 10.1 Å². The first-order chi connectivity index (χ1) is 10.5. The molecule has 0 spiro atoms. The summed E-state index contributed by atoms with van der Waals surface area (Å²) in [5.74, 6) is 0.436. The van der Waals surface area contributed by atoms with Crippen LogP contribution < -0.4 is 10.1 Å². The summed E-state index contributed by atoms with van der Waals surface area (Å²) in [5, 5.41) is 4.07. The van der Waals surface area contributed by atoms with Crippen LogP contribution in [0.2, 0.25) is 10.0 Å². The van der Waals surface area contributed by atoms with Gasteiger partial charge >= 0.3 is 0 Å². The number of amides is 1. The standard InChI is InChI=1S/C15H10Cl2N2O2S/c1-21-11-2-3-12-13(7-11)22-15(18-12)19-14(20)8-4-9(16)6-10(17)5-8/h2-7H,1H3,(H,18,19,20). The molecule has 1 aromatic heterocycles. The third-order valence-electron chi connectivity index (χ3n) is 2.94. The summed E-state index contributed by atoms with van der Waals surface area (Å²) in [4.78, 5) is 16.6. The summed E-state index contributed by atoms with van der Waals surface area (Å²) in [6, 6.07) is 10.2. The number of thiazole rings is 1. The first kappa shape index (κ1) is 15.1. The van der Waals surface area contributed by atoms with Gasteiger partial charge in [-0.05, 0) is 36.4 Å². The molecule has 0 aliphatic heterocycles. The zero-order chi connectivity index (χ0) is 15.7. The van der Waals surface area contributed by atoms with Crippen LogP contribution in [0.15, 0.2) is 36.4 Å². The van der Waals surface area contributed by atoms with Gasteiger partial charge in [0, 0.05) is 15.6 Å². The van der Waals surface area contributed by atoms with Crippen LogP contribution in [0.5, 0.6) is 5.75 Å². The number of nitrogens with zero attached hydrogens (tertiary/aromatic N) is 1. The summed E-state index contributed by atoms with van der Waals surface area (Å²) in [6.45, 7) is 0. The second kappa shape index (κ2) is 6.12. The molecular formula is C15H10Cl2N2O2S. The molecule has 1 amide bonds. The molecule has 3 rings (SSSR count). The molecule has 0 fully saturated rings. The lowest BCUT2D eigenvalue weighted by molar-refractivity contribution is 0.102. The Bertz CT molecular complexity index is 844. The average molecular weight is 353 g/mol. The molecular weight excluding hydrogens is 343 g/mol. The van der Waals surface area contributed by atoms with Gasteiger partial charge in [0.2, 0.25) is 0 Å². The molecule has 0 saturated heterocycles. The van der Waals surface area contributed by atoms with Crippen LogP contribution in [0.4, 0.5) is 5.13 Å². The third-order valence-corrected chi connectivity index (χ3v) is 4.31. The maximum atomic E-state index is 12.2. The normalized spacial score (nSPS) is 10.7. The Hall–Kier alpha value is -1.82. The van der Waals surface area contributed by atoms with E-state index >= 15 is 0 Å². The number of hydrogen-bond acceptors (Lipinski definition) is 4.